The monoisotopic (exact) mass is 447 g/mol. The molecule has 6 nitrogen and oxygen atoms in total. The highest BCUT2D eigenvalue weighted by Crippen LogP contribution is 2.21. The van der Waals surface area contributed by atoms with Gasteiger partial charge in [-0.15, -0.1) is 0 Å². The number of rotatable bonds is 10. The molecular formula is C25H34FNO5. The third-order valence-corrected chi connectivity index (χ3v) is 5.92. The first-order chi connectivity index (χ1) is 15.4. The van der Waals surface area contributed by atoms with Gasteiger partial charge in [-0.25, -0.2) is 4.39 Å². The molecule has 7 heteroatoms. The number of hydrogen-bond donors (Lipinski definition) is 4. The maximum Gasteiger partial charge on any atom is 0.123 e. The van der Waals surface area contributed by atoms with Gasteiger partial charge in [0.05, 0.1) is 18.8 Å². The van der Waals surface area contributed by atoms with Gasteiger partial charge in [-0.2, -0.15) is 0 Å². The fourth-order valence-corrected chi connectivity index (χ4v) is 4.00. The molecule has 1 heterocycles. The Morgan fingerprint density at radius 2 is 1.47 bits per heavy atom. The van der Waals surface area contributed by atoms with Crippen molar-refractivity contribution in [1.29, 1.82) is 0 Å². The van der Waals surface area contributed by atoms with Gasteiger partial charge in [0.15, 0.2) is 0 Å². The van der Waals surface area contributed by atoms with E-state index in [-0.39, 0.29) is 18.9 Å². The number of benzene rings is 2. The number of halogens is 1. The molecule has 1 aliphatic heterocycles. The summed E-state index contributed by atoms with van der Waals surface area (Å²) in [5.74, 6) is -0.242. The molecule has 0 aliphatic carbocycles. The molecule has 0 amide bonds. The van der Waals surface area contributed by atoms with Gasteiger partial charge in [0.25, 0.3) is 0 Å². The molecule has 4 N–H and O–H groups in total. The number of β-amino-alcohol motifs (C(OH)–C–C–N with tert-alkyl or cyclic N) is 2. The predicted octanol–water partition coefficient (Wildman–Crippen LogP) is 2.33. The zero-order chi connectivity index (χ0) is 22.9. The number of nitrogens with zero attached hydrogens (tertiary/aromatic N) is 1. The predicted molar refractivity (Wildman–Crippen MR) is 120 cm³/mol. The number of unbranched alkanes of at least 4 members (excludes halogenated alkanes) is 3. The first kappa shape index (κ1) is 24.8. The molecule has 2 aromatic rings. The second kappa shape index (κ2) is 12.4. The molecule has 2 aromatic carbocycles. The van der Waals surface area contributed by atoms with Crippen LogP contribution in [0, 0.1) is 5.82 Å². The summed E-state index contributed by atoms with van der Waals surface area (Å²) in [6.45, 7) is 2.40. The van der Waals surface area contributed by atoms with Crippen LogP contribution in [0.2, 0.25) is 0 Å². The molecule has 3 rings (SSSR count). The third-order valence-electron chi connectivity index (χ3n) is 5.92. The summed E-state index contributed by atoms with van der Waals surface area (Å²) >= 11 is 0. The Kier molecular flexibility index (Phi) is 9.59. The normalized spacial score (nSPS) is 24.4. The van der Waals surface area contributed by atoms with E-state index in [9.17, 15) is 24.8 Å². The Morgan fingerprint density at radius 1 is 0.812 bits per heavy atom. The fourth-order valence-electron chi connectivity index (χ4n) is 4.00. The summed E-state index contributed by atoms with van der Waals surface area (Å²) in [6.07, 6.45) is -0.870. The van der Waals surface area contributed by atoms with Crippen molar-refractivity contribution in [3.8, 4) is 11.1 Å². The van der Waals surface area contributed by atoms with Gasteiger partial charge in [0.2, 0.25) is 0 Å². The molecule has 1 fully saturated rings. The van der Waals surface area contributed by atoms with Crippen LogP contribution in [-0.2, 0) is 11.3 Å². The van der Waals surface area contributed by atoms with Crippen LogP contribution < -0.4 is 0 Å². The molecule has 0 aromatic heterocycles. The van der Waals surface area contributed by atoms with Crippen molar-refractivity contribution in [2.75, 3.05) is 26.2 Å². The molecule has 0 unspecified atom stereocenters. The zero-order valence-electron chi connectivity index (χ0n) is 18.3. The van der Waals surface area contributed by atoms with Gasteiger partial charge in [-0.1, -0.05) is 49.2 Å². The third kappa shape index (κ3) is 7.33. The highest BCUT2D eigenvalue weighted by molar-refractivity contribution is 5.63. The minimum absolute atomic E-state index is 0.242. The minimum Gasteiger partial charge on any atom is -0.389 e. The lowest BCUT2D eigenvalue weighted by Crippen LogP contribution is -2.43. The van der Waals surface area contributed by atoms with Crippen molar-refractivity contribution in [1.82, 2.24) is 4.90 Å². The lowest BCUT2D eigenvalue weighted by atomic mass is 10.0. The van der Waals surface area contributed by atoms with Crippen molar-refractivity contribution < 1.29 is 29.6 Å². The number of ether oxygens (including phenoxy) is 1. The maximum atomic E-state index is 13.4. The number of hydrogen-bond acceptors (Lipinski definition) is 6. The second-order valence-electron chi connectivity index (χ2n) is 8.55. The van der Waals surface area contributed by atoms with Crippen LogP contribution in [0.4, 0.5) is 4.39 Å². The standard InChI is InChI=1S/C25H34FNO5/c26-21-7-5-6-20(14-21)19-10-8-18(9-11-19)17-32-13-4-2-1-3-12-27-15-22(28)24(30)25(31)23(29)16-27/h5-11,14,22-25,28-31H,1-4,12-13,15-17H2/t22-,23-,24+,25+/m0/s1. The molecule has 0 bridgehead atoms. The summed E-state index contributed by atoms with van der Waals surface area (Å²) < 4.78 is 19.1. The second-order valence-corrected chi connectivity index (χ2v) is 8.55. The summed E-state index contributed by atoms with van der Waals surface area (Å²) in [6, 6.07) is 14.5. The molecule has 32 heavy (non-hydrogen) atoms. The molecule has 1 saturated heterocycles. The fraction of sp³-hybridized carbons (Fsp3) is 0.520. The highest BCUT2D eigenvalue weighted by atomic mass is 19.1. The molecule has 4 atom stereocenters. The maximum absolute atomic E-state index is 13.4. The molecule has 0 saturated carbocycles. The van der Waals surface area contributed by atoms with Crippen molar-refractivity contribution in [3.63, 3.8) is 0 Å². The van der Waals surface area contributed by atoms with E-state index in [1.807, 2.05) is 35.2 Å². The Hall–Kier alpha value is -1.87. The van der Waals surface area contributed by atoms with Gasteiger partial charge in [-0.3, -0.25) is 4.90 Å². The van der Waals surface area contributed by atoms with Gasteiger partial charge in [0.1, 0.15) is 18.0 Å². The summed E-state index contributed by atoms with van der Waals surface area (Å²) in [7, 11) is 0. The Labute approximate surface area is 188 Å². The van der Waals surface area contributed by atoms with Crippen molar-refractivity contribution >= 4 is 0 Å². The van der Waals surface area contributed by atoms with E-state index in [0.717, 1.165) is 42.4 Å². The average Bonchev–Trinajstić information content (AvgIpc) is 2.88. The summed E-state index contributed by atoms with van der Waals surface area (Å²) in [5, 5.41) is 39.3. The summed E-state index contributed by atoms with van der Waals surface area (Å²) in [5.41, 5.74) is 2.91. The van der Waals surface area contributed by atoms with Crippen LogP contribution in [0.25, 0.3) is 11.1 Å². The molecule has 0 spiro atoms. The van der Waals surface area contributed by atoms with E-state index in [1.54, 1.807) is 6.07 Å². The minimum atomic E-state index is -1.32. The van der Waals surface area contributed by atoms with E-state index in [1.165, 1.54) is 12.1 Å². The van der Waals surface area contributed by atoms with Crippen LogP contribution in [0.1, 0.15) is 31.2 Å². The smallest absolute Gasteiger partial charge is 0.123 e. The van der Waals surface area contributed by atoms with Crippen molar-refractivity contribution in [2.45, 2.75) is 56.7 Å². The van der Waals surface area contributed by atoms with Crippen molar-refractivity contribution in [2.24, 2.45) is 0 Å². The van der Waals surface area contributed by atoms with E-state index in [2.05, 4.69) is 0 Å². The van der Waals surface area contributed by atoms with Crippen LogP contribution in [0.15, 0.2) is 48.5 Å². The van der Waals surface area contributed by atoms with Crippen LogP contribution in [0.5, 0.6) is 0 Å². The Morgan fingerprint density at radius 3 is 2.12 bits per heavy atom. The number of aliphatic hydroxyl groups is 4. The van der Waals surface area contributed by atoms with E-state index in [0.29, 0.717) is 19.8 Å². The van der Waals surface area contributed by atoms with E-state index in [4.69, 9.17) is 4.74 Å². The van der Waals surface area contributed by atoms with Gasteiger partial charge in [-0.05, 0) is 48.2 Å². The lowest BCUT2D eigenvalue weighted by molar-refractivity contribution is -0.0894. The Bertz CT molecular complexity index is 802. The van der Waals surface area contributed by atoms with Gasteiger partial charge >= 0.3 is 0 Å². The van der Waals surface area contributed by atoms with E-state index < -0.39 is 24.4 Å². The van der Waals surface area contributed by atoms with Crippen LogP contribution >= 0.6 is 0 Å². The first-order valence-corrected chi connectivity index (χ1v) is 11.3. The quantitative estimate of drug-likeness (QED) is 0.418. The van der Waals surface area contributed by atoms with Crippen LogP contribution in [-0.4, -0.2) is 76.0 Å². The molecule has 0 radical (unpaired) electrons. The topological polar surface area (TPSA) is 93.4 Å². The Balaban J connectivity index is 1.27. The van der Waals surface area contributed by atoms with Crippen LogP contribution in [0.3, 0.4) is 0 Å². The van der Waals surface area contributed by atoms with E-state index >= 15 is 0 Å². The number of aliphatic hydroxyl groups excluding tert-OH is 4. The molecule has 176 valence electrons. The number of likely N-dealkylation sites (tertiary alicyclic amines) is 1. The largest absolute Gasteiger partial charge is 0.389 e. The zero-order valence-corrected chi connectivity index (χ0v) is 18.3. The van der Waals surface area contributed by atoms with Gasteiger partial charge in [0, 0.05) is 19.7 Å². The van der Waals surface area contributed by atoms with Gasteiger partial charge < -0.3 is 25.2 Å². The summed E-state index contributed by atoms with van der Waals surface area (Å²) in [4.78, 5) is 1.89. The lowest BCUT2D eigenvalue weighted by Gasteiger charge is -2.23. The van der Waals surface area contributed by atoms with Crippen molar-refractivity contribution in [3.05, 3.63) is 59.9 Å². The molecule has 1 aliphatic rings. The average molecular weight is 448 g/mol. The molecular weight excluding hydrogens is 413 g/mol. The SMILES string of the molecule is O[C@H]1[C@H](O)[C@@H](O)CN(CCCCCCOCc2ccc(-c3cccc(F)c3)cc2)C[C@@H]1O. The highest BCUT2D eigenvalue weighted by Gasteiger charge is 2.35. The first-order valence-electron chi connectivity index (χ1n) is 11.3.